The Kier molecular flexibility index (Phi) is 3.13. The van der Waals surface area contributed by atoms with E-state index in [9.17, 15) is 0 Å². The predicted octanol–water partition coefficient (Wildman–Crippen LogP) is 3.92. The molecular weight excluding hydrogens is 224 g/mol. The lowest BCUT2D eigenvalue weighted by atomic mass is 10.2. The fourth-order valence-electron chi connectivity index (χ4n) is 2.80. The molecule has 3 rings (SSSR count). The Morgan fingerprint density at radius 1 is 1.33 bits per heavy atom. The SMILES string of the molecule is CCOc1cc(NC2CCCC2)c2[nH]ccc2c1. The maximum absolute atomic E-state index is 5.63. The minimum Gasteiger partial charge on any atom is -0.494 e. The van der Waals surface area contributed by atoms with Crippen molar-refractivity contribution in [3.63, 3.8) is 0 Å². The normalized spacial score (nSPS) is 16.3. The van der Waals surface area contributed by atoms with E-state index in [2.05, 4.69) is 28.5 Å². The Labute approximate surface area is 108 Å². The molecule has 1 fully saturated rings. The van der Waals surface area contributed by atoms with Gasteiger partial charge >= 0.3 is 0 Å². The zero-order chi connectivity index (χ0) is 12.4. The molecule has 0 radical (unpaired) electrons. The average molecular weight is 244 g/mol. The van der Waals surface area contributed by atoms with Crippen molar-refractivity contribution in [2.75, 3.05) is 11.9 Å². The van der Waals surface area contributed by atoms with E-state index in [0.29, 0.717) is 12.6 Å². The summed E-state index contributed by atoms with van der Waals surface area (Å²) in [5.74, 6) is 0.949. The quantitative estimate of drug-likeness (QED) is 0.855. The molecule has 1 aliphatic carbocycles. The van der Waals surface area contributed by atoms with Gasteiger partial charge in [-0.25, -0.2) is 0 Å². The van der Waals surface area contributed by atoms with E-state index in [1.54, 1.807) is 0 Å². The Balaban J connectivity index is 1.93. The number of fused-ring (bicyclic) bond motifs is 1. The molecule has 1 aromatic carbocycles. The number of anilines is 1. The third kappa shape index (κ3) is 2.17. The molecule has 2 N–H and O–H groups in total. The van der Waals surface area contributed by atoms with Crippen molar-refractivity contribution < 1.29 is 4.74 Å². The number of H-pyrrole nitrogens is 1. The molecule has 18 heavy (non-hydrogen) atoms. The Bertz CT molecular complexity index is 526. The van der Waals surface area contributed by atoms with Gasteiger partial charge in [0.2, 0.25) is 0 Å². The van der Waals surface area contributed by atoms with Crippen LogP contribution in [0.3, 0.4) is 0 Å². The van der Waals surface area contributed by atoms with E-state index in [-0.39, 0.29) is 0 Å². The van der Waals surface area contributed by atoms with Gasteiger partial charge in [-0.15, -0.1) is 0 Å². The second-order valence-electron chi connectivity index (χ2n) is 4.97. The third-order valence-corrected chi connectivity index (χ3v) is 3.66. The predicted molar refractivity (Wildman–Crippen MR) is 75.3 cm³/mol. The fourth-order valence-corrected chi connectivity index (χ4v) is 2.80. The van der Waals surface area contributed by atoms with Crippen LogP contribution in [0.15, 0.2) is 24.4 Å². The average Bonchev–Trinajstić information content (AvgIpc) is 2.99. The summed E-state index contributed by atoms with van der Waals surface area (Å²) in [6, 6.07) is 6.92. The van der Waals surface area contributed by atoms with Crippen LogP contribution in [-0.4, -0.2) is 17.6 Å². The first-order valence-electron chi connectivity index (χ1n) is 6.87. The monoisotopic (exact) mass is 244 g/mol. The highest BCUT2D eigenvalue weighted by atomic mass is 16.5. The van der Waals surface area contributed by atoms with Gasteiger partial charge in [0.05, 0.1) is 17.8 Å². The van der Waals surface area contributed by atoms with Gasteiger partial charge in [0.25, 0.3) is 0 Å². The van der Waals surface area contributed by atoms with Gasteiger partial charge in [-0.05, 0) is 31.9 Å². The topological polar surface area (TPSA) is 37.0 Å². The first-order valence-corrected chi connectivity index (χ1v) is 6.87. The molecular formula is C15H20N2O. The number of aromatic nitrogens is 1. The van der Waals surface area contributed by atoms with Crippen LogP contribution in [0, 0.1) is 0 Å². The molecule has 0 saturated heterocycles. The van der Waals surface area contributed by atoms with Crippen LogP contribution in [-0.2, 0) is 0 Å². The second kappa shape index (κ2) is 4.92. The summed E-state index contributed by atoms with van der Waals surface area (Å²) in [4.78, 5) is 3.31. The zero-order valence-electron chi connectivity index (χ0n) is 10.8. The van der Waals surface area contributed by atoms with Crippen LogP contribution in [0.4, 0.5) is 5.69 Å². The molecule has 1 aliphatic rings. The van der Waals surface area contributed by atoms with Crippen molar-refractivity contribution in [3.05, 3.63) is 24.4 Å². The van der Waals surface area contributed by atoms with Crippen LogP contribution in [0.25, 0.3) is 10.9 Å². The molecule has 1 heterocycles. The molecule has 3 heteroatoms. The van der Waals surface area contributed by atoms with E-state index in [1.165, 1.54) is 42.3 Å². The lowest BCUT2D eigenvalue weighted by Gasteiger charge is -2.15. The summed E-state index contributed by atoms with van der Waals surface area (Å²) in [6.45, 7) is 2.73. The molecule has 96 valence electrons. The fraction of sp³-hybridized carbons (Fsp3) is 0.467. The number of nitrogens with one attached hydrogen (secondary N) is 2. The van der Waals surface area contributed by atoms with E-state index in [1.807, 2.05) is 13.1 Å². The highest BCUT2D eigenvalue weighted by Crippen LogP contribution is 2.31. The van der Waals surface area contributed by atoms with Crippen molar-refractivity contribution >= 4 is 16.6 Å². The van der Waals surface area contributed by atoms with Crippen molar-refractivity contribution in [1.82, 2.24) is 4.98 Å². The zero-order valence-corrected chi connectivity index (χ0v) is 10.8. The van der Waals surface area contributed by atoms with Crippen molar-refractivity contribution in [2.45, 2.75) is 38.6 Å². The van der Waals surface area contributed by atoms with Gasteiger partial charge < -0.3 is 15.0 Å². The van der Waals surface area contributed by atoms with Crippen LogP contribution in [0.5, 0.6) is 5.75 Å². The molecule has 0 amide bonds. The van der Waals surface area contributed by atoms with E-state index >= 15 is 0 Å². The van der Waals surface area contributed by atoms with Crippen LogP contribution in [0.2, 0.25) is 0 Å². The number of aromatic amines is 1. The molecule has 0 aliphatic heterocycles. The Morgan fingerprint density at radius 3 is 2.94 bits per heavy atom. The Hall–Kier alpha value is -1.64. The molecule has 1 aromatic heterocycles. The molecule has 0 spiro atoms. The van der Waals surface area contributed by atoms with Gasteiger partial charge in [-0.1, -0.05) is 12.8 Å². The maximum Gasteiger partial charge on any atom is 0.122 e. The minimum absolute atomic E-state index is 0.619. The standard InChI is InChI=1S/C15H20N2O/c1-2-18-13-9-11-7-8-16-15(11)14(10-13)17-12-5-3-4-6-12/h7-10,12,16-17H,2-6H2,1H3. The molecule has 1 saturated carbocycles. The first-order chi connectivity index (χ1) is 8.86. The van der Waals surface area contributed by atoms with Crippen molar-refractivity contribution in [1.29, 1.82) is 0 Å². The summed E-state index contributed by atoms with van der Waals surface area (Å²) in [5, 5.41) is 4.87. The molecule has 0 bridgehead atoms. The number of hydrogen-bond donors (Lipinski definition) is 2. The summed E-state index contributed by atoms with van der Waals surface area (Å²) >= 11 is 0. The van der Waals surface area contributed by atoms with Gasteiger partial charge in [0.1, 0.15) is 5.75 Å². The number of rotatable bonds is 4. The van der Waals surface area contributed by atoms with E-state index in [4.69, 9.17) is 4.74 Å². The number of benzene rings is 1. The molecule has 2 aromatic rings. The lowest BCUT2D eigenvalue weighted by Crippen LogP contribution is -2.14. The second-order valence-corrected chi connectivity index (χ2v) is 4.97. The Morgan fingerprint density at radius 2 is 2.17 bits per heavy atom. The number of hydrogen-bond acceptors (Lipinski definition) is 2. The largest absolute Gasteiger partial charge is 0.494 e. The van der Waals surface area contributed by atoms with E-state index in [0.717, 1.165) is 5.75 Å². The summed E-state index contributed by atoms with van der Waals surface area (Å²) in [5.41, 5.74) is 2.36. The smallest absolute Gasteiger partial charge is 0.122 e. The van der Waals surface area contributed by atoms with Gasteiger partial charge in [-0.2, -0.15) is 0 Å². The van der Waals surface area contributed by atoms with Crippen molar-refractivity contribution in [2.24, 2.45) is 0 Å². The van der Waals surface area contributed by atoms with Gasteiger partial charge in [0.15, 0.2) is 0 Å². The van der Waals surface area contributed by atoms with E-state index < -0.39 is 0 Å². The first kappa shape index (κ1) is 11.5. The van der Waals surface area contributed by atoms with Crippen molar-refractivity contribution in [3.8, 4) is 5.75 Å². The number of ether oxygens (including phenoxy) is 1. The summed E-state index contributed by atoms with van der Waals surface area (Å²) in [7, 11) is 0. The highest BCUT2D eigenvalue weighted by Gasteiger charge is 2.16. The minimum atomic E-state index is 0.619. The van der Waals surface area contributed by atoms with Crippen LogP contribution >= 0.6 is 0 Å². The molecule has 0 unspecified atom stereocenters. The van der Waals surface area contributed by atoms with Crippen LogP contribution < -0.4 is 10.1 Å². The summed E-state index contributed by atoms with van der Waals surface area (Å²) < 4.78 is 5.63. The maximum atomic E-state index is 5.63. The molecule has 0 atom stereocenters. The lowest BCUT2D eigenvalue weighted by molar-refractivity contribution is 0.341. The summed E-state index contributed by atoms with van der Waals surface area (Å²) in [6.07, 6.45) is 7.23. The van der Waals surface area contributed by atoms with Crippen LogP contribution in [0.1, 0.15) is 32.6 Å². The van der Waals surface area contributed by atoms with Gasteiger partial charge in [0, 0.05) is 23.7 Å². The third-order valence-electron chi connectivity index (χ3n) is 3.66. The molecule has 3 nitrogen and oxygen atoms in total. The highest BCUT2D eigenvalue weighted by molar-refractivity contribution is 5.92. The van der Waals surface area contributed by atoms with Gasteiger partial charge in [-0.3, -0.25) is 0 Å².